The van der Waals surface area contributed by atoms with Gasteiger partial charge in [-0.3, -0.25) is 0 Å². The predicted octanol–water partition coefficient (Wildman–Crippen LogP) is 3.26. The number of likely N-dealkylation sites (N-methyl/N-ethyl adjacent to an activating group) is 1. The average Bonchev–Trinajstić information content (AvgIpc) is 3.18. The maximum Gasteiger partial charge on any atom is 0.231 e. The molecule has 3 heterocycles. The number of ether oxygens (including phenoxy) is 1. The fourth-order valence-electron chi connectivity index (χ4n) is 3.32. The van der Waals surface area contributed by atoms with E-state index in [0.717, 1.165) is 49.0 Å². The Labute approximate surface area is 171 Å². The van der Waals surface area contributed by atoms with E-state index in [0.29, 0.717) is 18.1 Å². The summed E-state index contributed by atoms with van der Waals surface area (Å²) in [5.74, 6) is 2.92. The van der Waals surface area contributed by atoms with Crippen LogP contribution in [0, 0.1) is 0 Å². The number of aromatic nitrogens is 3. The molecule has 0 bridgehead atoms. The average molecular weight is 393 g/mol. The smallest absolute Gasteiger partial charge is 0.231 e. The molecule has 1 fully saturated rings. The lowest BCUT2D eigenvalue weighted by atomic mass is 10.1. The van der Waals surface area contributed by atoms with Gasteiger partial charge in [0, 0.05) is 26.2 Å². The van der Waals surface area contributed by atoms with Crippen LogP contribution in [0.2, 0.25) is 0 Å². The van der Waals surface area contributed by atoms with E-state index in [2.05, 4.69) is 27.0 Å². The van der Waals surface area contributed by atoms with E-state index in [1.807, 2.05) is 56.3 Å². The highest BCUT2D eigenvalue weighted by molar-refractivity contribution is 5.53. The second-order valence-electron chi connectivity index (χ2n) is 7.67. The Kier molecular flexibility index (Phi) is 5.76. The monoisotopic (exact) mass is 393 g/mol. The Morgan fingerprint density at radius 1 is 1.00 bits per heavy atom. The van der Waals surface area contributed by atoms with E-state index in [1.54, 1.807) is 0 Å². The third kappa shape index (κ3) is 4.92. The topological polar surface area (TPSA) is 67.5 Å². The number of benzene rings is 1. The van der Waals surface area contributed by atoms with Crippen molar-refractivity contribution in [1.82, 2.24) is 20.0 Å². The molecule has 0 spiro atoms. The van der Waals surface area contributed by atoms with Crippen molar-refractivity contribution in [1.29, 1.82) is 0 Å². The van der Waals surface area contributed by atoms with Gasteiger partial charge in [-0.1, -0.05) is 23.4 Å². The van der Waals surface area contributed by atoms with Gasteiger partial charge in [0.15, 0.2) is 0 Å². The molecule has 0 aliphatic carbocycles. The van der Waals surface area contributed by atoms with Crippen molar-refractivity contribution >= 4 is 5.82 Å². The molecule has 29 heavy (non-hydrogen) atoms. The number of nitrogens with zero attached hydrogens (tertiary/aromatic N) is 5. The summed E-state index contributed by atoms with van der Waals surface area (Å²) < 4.78 is 11.1. The molecule has 1 saturated heterocycles. The van der Waals surface area contributed by atoms with Crippen molar-refractivity contribution in [2.75, 3.05) is 38.1 Å². The first-order valence-electron chi connectivity index (χ1n) is 10.1. The molecule has 0 saturated carbocycles. The minimum atomic E-state index is 0.161. The van der Waals surface area contributed by atoms with Crippen molar-refractivity contribution in [2.45, 2.75) is 26.4 Å². The van der Waals surface area contributed by atoms with E-state index in [4.69, 9.17) is 14.2 Å². The predicted molar refractivity (Wildman–Crippen MR) is 112 cm³/mol. The molecule has 0 radical (unpaired) electrons. The fourth-order valence-corrected chi connectivity index (χ4v) is 3.32. The SMILES string of the molecule is CC(C)Oc1ccc(Cc2nc(-c3cccc(N4CCN(C)CC4)n3)no2)cc1. The van der Waals surface area contributed by atoms with Crippen LogP contribution in [0.3, 0.4) is 0 Å². The summed E-state index contributed by atoms with van der Waals surface area (Å²) in [7, 11) is 2.15. The van der Waals surface area contributed by atoms with Gasteiger partial charge in [-0.2, -0.15) is 4.98 Å². The van der Waals surface area contributed by atoms with Crippen LogP contribution in [-0.4, -0.2) is 59.4 Å². The van der Waals surface area contributed by atoms with Gasteiger partial charge in [0.05, 0.1) is 12.5 Å². The van der Waals surface area contributed by atoms with Crippen LogP contribution in [0.25, 0.3) is 11.5 Å². The first kappa shape index (κ1) is 19.4. The molecule has 1 aliphatic heterocycles. The van der Waals surface area contributed by atoms with Gasteiger partial charge in [0.25, 0.3) is 0 Å². The Morgan fingerprint density at radius 2 is 1.76 bits per heavy atom. The highest BCUT2D eigenvalue weighted by Gasteiger charge is 2.17. The maximum absolute atomic E-state index is 5.68. The first-order chi connectivity index (χ1) is 14.1. The fraction of sp³-hybridized carbons (Fsp3) is 0.409. The van der Waals surface area contributed by atoms with Crippen LogP contribution in [0.15, 0.2) is 47.0 Å². The molecule has 1 aliphatic rings. The molecule has 0 atom stereocenters. The molecule has 0 unspecified atom stereocenters. The van der Waals surface area contributed by atoms with Gasteiger partial charge in [-0.25, -0.2) is 4.98 Å². The molecule has 0 amide bonds. The number of anilines is 1. The van der Waals surface area contributed by atoms with Crippen molar-refractivity contribution < 1.29 is 9.26 Å². The lowest BCUT2D eigenvalue weighted by Gasteiger charge is -2.33. The molecular weight excluding hydrogens is 366 g/mol. The van der Waals surface area contributed by atoms with Crippen molar-refractivity contribution in [2.24, 2.45) is 0 Å². The van der Waals surface area contributed by atoms with Crippen molar-refractivity contribution in [3.8, 4) is 17.3 Å². The van der Waals surface area contributed by atoms with Gasteiger partial charge in [-0.15, -0.1) is 0 Å². The van der Waals surface area contributed by atoms with Crippen LogP contribution in [0.4, 0.5) is 5.82 Å². The van der Waals surface area contributed by atoms with Gasteiger partial charge >= 0.3 is 0 Å². The molecule has 7 nitrogen and oxygen atoms in total. The first-order valence-corrected chi connectivity index (χ1v) is 10.1. The minimum Gasteiger partial charge on any atom is -0.491 e. The number of pyridine rings is 1. The van der Waals surface area contributed by atoms with E-state index in [9.17, 15) is 0 Å². The summed E-state index contributed by atoms with van der Waals surface area (Å²) in [4.78, 5) is 13.9. The Balaban J connectivity index is 1.44. The van der Waals surface area contributed by atoms with E-state index >= 15 is 0 Å². The normalized spacial score (nSPS) is 15.1. The van der Waals surface area contributed by atoms with Gasteiger partial charge in [0.2, 0.25) is 11.7 Å². The summed E-state index contributed by atoms with van der Waals surface area (Å²) >= 11 is 0. The largest absolute Gasteiger partial charge is 0.491 e. The molecule has 1 aromatic carbocycles. The zero-order valence-corrected chi connectivity index (χ0v) is 17.2. The molecule has 0 N–H and O–H groups in total. The van der Waals surface area contributed by atoms with Crippen molar-refractivity contribution in [3.63, 3.8) is 0 Å². The van der Waals surface area contributed by atoms with Crippen LogP contribution in [0.1, 0.15) is 25.3 Å². The Bertz CT molecular complexity index is 930. The zero-order chi connectivity index (χ0) is 20.2. The number of piperazine rings is 1. The van der Waals surface area contributed by atoms with E-state index in [-0.39, 0.29) is 6.10 Å². The summed E-state index contributed by atoms with van der Waals surface area (Å²) in [6.45, 7) is 8.06. The summed E-state index contributed by atoms with van der Waals surface area (Å²) in [5.41, 5.74) is 1.83. The second-order valence-corrected chi connectivity index (χ2v) is 7.67. The number of hydrogen-bond acceptors (Lipinski definition) is 7. The third-order valence-corrected chi connectivity index (χ3v) is 4.91. The summed E-state index contributed by atoms with van der Waals surface area (Å²) in [6.07, 6.45) is 0.737. The standard InChI is InChI=1S/C22H27N5O2/c1-16(2)28-18-9-7-17(8-10-18)15-21-24-22(25-29-21)19-5-4-6-20(23-19)27-13-11-26(3)12-14-27/h4-10,16H,11-15H2,1-3H3. The highest BCUT2D eigenvalue weighted by atomic mass is 16.5. The lowest BCUT2D eigenvalue weighted by molar-refractivity contribution is 0.242. The zero-order valence-electron chi connectivity index (χ0n) is 17.2. The van der Waals surface area contributed by atoms with Crippen LogP contribution >= 0.6 is 0 Å². The number of hydrogen-bond donors (Lipinski definition) is 0. The molecule has 2 aromatic heterocycles. The highest BCUT2D eigenvalue weighted by Crippen LogP contribution is 2.21. The van der Waals surface area contributed by atoms with Crippen LogP contribution in [-0.2, 0) is 6.42 Å². The molecule has 3 aromatic rings. The van der Waals surface area contributed by atoms with Gasteiger partial charge in [-0.05, 0) is 50.7 Å². The van der Waals surface area contributed by atoms with Crippen LogP contribution in [0.5, 0.6) is 5.75 Å². The van der Waals surface area contributed by atoms with Gasteiger partial charge < -0.3 is 19.1 Å². The minimum absolute atomic E-state index is 0.161. The Morgan fingerprint density at radius 3 is 2.48 bits per heavy atom. The second kappa shape index (κ2) is 8.61. The third-order valence-electron chi connectivity index (χ3n) is 4.91. The molecular formula is C22H27N5O2. The molecule has 152 valence electrons. The number of rotatable bonds is 6. The quantitative estimate of drug-likeness (QED) is 0.637. The lowest BCUT2D eigenvalue weighted by Crippen LogP contribution is -2.44. The molecule has 4 rings (SSSR count). The van der Waals surface area contributed by atoms with Crippen LogP contribution < -0.4 is 9.64 Å². The van der Waals surface area contributed by atoms with E-state index < -0.39 is 0 Å². The Hall–Kier alpha value is -2.93. The maximum atomic E-state index is 5.68. The molecule has 7 heteroatoms. The van der Waals surface area contributed by atoms with Gasteiger partial charge in [0.1, 0.15) is 17.3 Å². The van der Waals surface area contributed by atoms with Crippen molar-refractivity contribution in [3.05, 3.63) is 53.9 Å². The van der Waals surface area contributed by atoms with E-state index in [1.165, 1.54) is 0 Å². The summed E-state index contributed by atoms with van der Waals surface area (Å²) in [5, 5.41) is 4.14. The summed E-state index contributed by atoms with van der Waals surface area (Å²) in [6, 6.07) is 13.9.